The Morgan fingerprint density at radius 3 is 2.50 bits per heavy atom. The van der Waals surface area contributed by atoms with E-state index in [2.05, 4.69) is 9.97 Å². The molecule has 0 saturated heterocycles. The van der Waals surface area contributed by atoms with Crippen LogP contribution in [0.3, 0.4) is 0 Å². The Labute approximate surface area is 120 Å². The first-order chi connectivity index (χ1) is 9.52. The van der Waals surface area contributed by atoms with Crippen molar-refractivity contribution < 1.29 is 13.2 Å². The van der Waals surface area contributed by atoms with E-state index in [0.717, 1.165) is 26.8 Å². The fraction of sp³-hybridized carbons (Fsp3) is 0.0769. The lowest BCUT2D eigenvalue weighted by Crippen LogP contribution is -2.04. The number of nitrogens with zero attached hydrogens (tertiary/aromatic N) is 2. The molecule has 7 heteroatoms. The van der Waals surface area contributed by atoms with Crippen LogP contribution in [0.2, 0.25) is 0 Å². The lowest BCUT2D eigenvalue weighted by Gasteiger charge is -2.05. The summed E-state index contributed by atoms with van der Waals surface area (Å²) in [7, 11) is 0. The van der Waals surface area contributed by atoms with Gasteiger partial charge in [0.2, 0.25) is 0 Å². The maximum Gasteiger partial charge on any atom is 0.417 e. The van der Waals surface area contributed by atoms with E-state index in [1.165, 1.54) is 29.2 Å². The Kier molecular flexibility index (Phi) is 3.39. The van der Waals surface area contributed by atoms with Gasteiger partial charge in [-0.1, -0.05) is 12.1 Å². The van der Waals surface area contributed by atoms with E-state index in [4.69, 9.17) is 0 Å². The molecule has 0 atom stereocenters. The average molecular weight is 312 g/mol. The SMILES string of the molecule is FC(F)(F)c1ccc(Sc2nc3ccccc3s2)nc1. The molecule has 0 aliphatic heterocycles. The first-order valence-electron chi connectivity index (χ1n) is 5.59. The van der Waals surface area contributed by atoms with Gasteiger partial charge in [0, 0.05) is 6.20 Å². The smallest absolute Gasteiger partial charge is 0.249 e. The van der Waals surface area contributed by atoms with E-state index < -0.39 is 11.7 Å². The molecule has 102 valence electrons. The molecule has 3 rings (SSSR count). The molecule has 0 unspecified atom stereocenters. The summed E-state index contributed by atoms with van der Waals surface area (Å²) in [5.41, 5.74) is 0.137. The minimum absolute atomic E-state index is 0.497. The van der Waals surface area contributed by atoms with Gasteiger partial charge in [0.1, 0.15) is 5.03 Å². The summed E-state index contributed by atoms with van der Waals surface area (Å²) in [5.74, 6) is 0. The highest BCUT2D eigenvalue weighted by Crippen LogP contribution is 2.34. The Bertz CT molecular complexity index is 702. The number of hydrogen-bond donors (Lipinski definition) is 0. The number of pyridine rings is 1. The number of rotatable bonds is 2. The second-order valence-corrected chi connectivity index (χ2v) is 6.23. The summed E-state index contributed by atoms with van der Waals surface area (Å²) < 4.78 is 39.1. The minimum atomic E-state index is -4.36. The molecule has 1 aromatic carbocycles. The van der Waals surface area contributed by atoms with Gasteiger partial charge in [-0.3, -0.25) is 0 Å². The van der Waals surface area contributed by atoms with Crippen molar-refractivity contribution in [1.82, 2.24) is 9.97 Å². The van der Waals surface area contributed by atoms with Gasteiger partial charge in [0.15, 0.2) is 4.34 Å². The second-order valence-electron chi connectivity index (χ2n) is 3.93. The van der Waals surface area contributed by atoms with Crippen molar-refractivity contribution in [2.45, 2.75) is 15.5 Å². The van der Waals surface area contributed by atoms with Crippen molar-refractivity contribution in [2.24, 2.45) is 0 Å². The minimum Gasteiger partial charge on any atom is -0.249 e. The third-order valence-electron chi connectivity index (χ3n) is 2.53. The average Bonchev–Trinajstić information content (AvgIpc) is 2.80. The van der Waals surface area contributed by atoms with E-state index >= 15 is 0 Å². The lowest BCUT2D eigenvalue weighted by atomic mass is 10.3. The molecule has 2 aromatic heterocycles. The van der Waals surface area contributed by atoms with Crippen LogP contribution in [0.1, 0.15) is 5.56 Å². The summed E-state index contributed by atoms with van der Waals surface area (Å²) in [6, 6.07) is 10.1. The van der Waals surface area contributed by atoms with Crippen LogP contribution in [0.15, 0.2) is 52.0 Å². The number of alkyl halides is 3. The van der Waals surface area contributed by atoms with Crippen molar-refractivity contribution in [3.8, 4) is 0 Å². The van der Waals surface area contributed by atoms with Crippen LogP contribution in [-0.2, 0) is 6.18 Å². The number of aromatic nitrogens is 2. The molecule has 0 bridgehead atoms. The van der Waals surface area contributed by atoms with Crippen molar-refractivity contribution in [3.05, 3.63) is 48.2 Å². The fourth-order valence-corrected chi connectivity index (χ4v) is 3.55. The van der Waals surface area contributed by atoms with Crippen molar-refractivity contribution in [2.75, 3.05) is 0 Å². The summed E-state index contributed by atoms with van der Waals surface area (Å²) in [5, 5.41) is 0.497. The predicted octanol–water partition coefficient (Wildman–Crippen LogP) is 4.86. The molecule has 2 heterocycles. The van der Waals surface area contributed by atoms with Gasteiger partial charge in [0.25, 0.3) is 0 Å². The number of halogens is 3. The highest BCUT2D eigenvalue weighted by molar-refractivity contribution is 8.01. The Morgan fingerprint density at radius 1 is 1.05 bits per heavy atom. The third-order valence-corrected chi connectivity index (χ3v) is 4.58. The number of para-hydroxylation sites is 1. The van der Waals surface area contributed by atoms with Crippen LogP contribution >= 0.6 is 23.1 Å². The van der Waals surface area contributed by atoms with Gasteiger partial charge in [-0.05, 0) is 36.0 Å². The van der Waals surface area contributed by atoms with Crippen LogP contribution in [0.4, 0.5) is 13.2 Å². The Balaban J connectivity index is 1.84. The Hall–Kier alpha value is -1.60. The van der Waals surface area contributed by atoms with Gasteiger partial charge in [0.05, 0.1) is 15.8 Å². The summed E-state index contributed by atoms with van der Waals surface area (Å²) in [4.78, 5) is 8.22. The van der Waals surface area contributed by atoms with E-state index in [-0.39, 0.29) is 0 Å². The molecule has 0 radical (unpaired) electrons. The number of hydrogen-bond acceptors (Lipinski definition) is 4. The van der Waals surface area contributed by atoms with E-state index in [1.807, 2.05) is 24.3 Å². The van der Waals surface area contributed by atoms with Crippen LogP contribution in [-0.4, -0.2) is 9.97 Å². The molecular weight excluding hydrogens is 305 g/mol. The maximum atomic E-state index is 12.4. The van der Waals surface area contributed by atoms with Crippen molar-refractivity contribution in [1.29, 1.82) is 0 Å². The first kappa shape index (κ1) is 13.4. The van der Waals surface area contributed by atoms with Crippen molar-refractivity contribution in [3.63, 3.8) is 0 Å². The third kappa shape index (κ3) is 2.78. The summed E-state index contributed by atoms with van der Waals surface area (Å²) in [6.45, 7) is 0. The number of thiazole rings is 1. The van der Waals surface area contributed by atoms with E-state index in [9.17, 15) is 13.2 Å². The number of fused-ring (bicyclic) bond motifs is 1. The molecule has 0 spiro atoms. The second kappa shape index (κ2) is 5.06. The van der Waals surface area contributed by atoms with Gasteiger partial charge in [-0.15, -0.1) is 11.3 Å². The van der Waals surface area contributed by atoms with E-state index in [0.29, 0.717) is 5.03 Å². The number of benzene rings is 1. The standard InChI is InChI=1S/C13H7F3N2S2/c14-13(15,16)8-5-6-11(17-7-8)20-12-18-9-3-1-2-4-10(9)19-12/h1-7H. The highest BCUT2D eigenvalue weighted by atomic mass is 32.2. The largest absolute Gasteiger partial charge is 0.417 e. The molecule has 0 aliphatic rings. The highest BCUT2D eigenvalue weighted by Gasteiger charge is 2.30. The molecular formula is C13H7F3N2S2. The summed E-state index contributed by atoms with van der Waals surface area (Å²) in [6.07, 6.45) is -3.51. The van der Waals surface area contributed by atoms with Gasteiger partial charge in [-0.2, -0.15) is 13.2 Å². The zero-order chi connectivity index (χ0) is 14.2. The van der Waals surface area contributed by atoms with E-state index in [1.54, 1.807) is 0 Å². The monoisotopic (exact) mass is 312 g/mol. The van der Waals surface area contributed by atoms with Gasteiger partial charge < -0.3 is 0 Å². The van der Waals surface area contributed by atoms with Gasteiger partial charge in [-0.25, -0.2) is 9.97 Å². The van der Waals surface area contributed by atoms with Crippen molar-refractivity contribution >= 4 is 33.3 Å². The van der Waals surface area contributed by atoms with Crippen LogP contribution < -0.4 is 0 Å². The first-order valence-corrected chi connectivity index (χ1v) is 7.22. The predicted molar refractivity (Wildman–Crippen MR) is 73.0 cm³/mol. The van der Waals surface area contributed by atoms with Crippen LogP contribution in [0.5, 0.6) is 0 Å². The zero-order valence-corrected chi connectivity index (χ0v) is 11.5. The molecule has 0 N–H and O–H groups in total. The molecule has 0 aliphatic carbocycles. The maximum absolute atomic E-state index is 12.4. The normalized spacial score (nSPS) is 11.9. The quantitative estimate of drug-likeness (QED) is 0.676. The lowest BCUT2D eigenvalue weighted by molar-refractivity contribution is -0.137. The van der Waals surface area contributed by atoms with Crippen LogP contribution in [0, 0.1) is 0 Å². The molecule has 0 amide bonds. The molecule has 0 fully saturated rings. The topological polar surface area (TPSA) is 25.8 Å². The fourth-order valence-electron chi connectivity index (χ4n) is 1.59. The molecule has 0 saturated carbocycles. The molecule has 2 nitrogen and oxygen atoms in total. The molecule has 20 heavy (non-hydrogen) atoms. The molecule has 3 aromatic rings. The van der Waals surface area contributed by atoms with Crippen LogP contribution in [0.25, 0.3) is 10.2 Å². The van der Waals surface area contributed by atoms with Gasteiger partial charge >= 0.3 is 6.18 Å². The Morgan fingerprint density at radius 2 is 1.85 bits per heavy atom. The summed E-state index contributed by atoms with van der Waals surface area (Å²) >= 11 is 2.75. The zero-order valence-electron chi connectivity index (χ0n) is 9.89.